The minimum absolute atomic E-state index is 0.00997. The topological polar surface area (TPSA) is 96.5 Å². The third-order valence-electron chi connectivity index (χ3n) is 3.46. The highest BCUT2D eigenvalue weighted by Crippen LogP contribution is 2.16. The molecule has 7 nitrogen and oxygen atoms in total. The minimum Gasteiger partial charge on any atom is -0.494 e. The first kappa shape index (κ1) is 20.4. The van der Waals surface area contributed by atoms with E-state index in [0.717, 1.165) is 5.75 Å². The summed E-state index contributed by atoms with van der Waals surface area (Å²) in [6.45, 7) is 2.46. The fourth-order valence-corrected chi connectivity index (χ4v) is 2.62. The van der Waals surface area contributed by atoms with Crippen LogP contribution in [0.4, 0.5) is 5.69 Å². The Bertz CT molecular complexity index is 809. The summed E-state index contributed by atoms with van der Waals surface area (Å²) in [5.74, 6) is -0.492. The number of benzene rings is 2. The highest BCUT2D eigenvalue weighted by Gasteiger charge is 2.11. The van der Waals surface area contributed by atoms with Crippen molar-refractivity contribution in [1.29, 1.82) is 0 Å². The monoisotopic (exact) mass is 433 g/mol. The molecule has 3 N–H and O–H groups in total. The van der Waals surface area contributed by atoms with Crippen molar-refractivity contribution in [2.24, 2.45) is 0 Å². The summed E-state index contributed by atoms with van der Waals surface area (Å²) in [5, 5.41) is 2.70. The van der Waals surface area contributed by atoms with Gasteiger partial charge in [-0.2, -0.15) is 0 Å². The van der Waals surface area contributed by atoms with Crippen molar-refractivity contribution in [2.75, 3.05) is 11.9 Å². The summed E-state index contributed by atoms with van der Waals surface area (Å²) in [5.41, 5.74) is 5.62. The Balaban J connectivity index is 1.72. The van der Waals surface area contributed by atoms with Crippen LogP contribution < -0.4 is 20.9 Å². The Morgan fingerprint density at radius 2 is 1.59 bits per heavy atom. The smallest absolute Gasteiger partial charge is 0.270 e. The predicted molar refractivity (Wildman–Crippen MR) is 105 cm³/mol. The van der Waals surface area contributed by atoms with E-state index < -0.39 is 11.8 Å². The molecular formula is C19H20BrN3O4. The molecule has 2 rings (SSSR count). The number of carbonyl (C=O) groups is 3. The Labute approximate surface area is 165 Å². The largest absolute Gasteiger partial charge is 0.494 e. The van der Waals surface area contributed by atoms with Crippen LogP contribution in [0, 0.1) is 0 Å². The molecule has 0 radical (unpaired) electrons. The van der Waals surface area contributed by atoms with E-state index in [1.54, 1.807) is 48.5 Å². The van der Waals surface area contributed by atoms with Gasteiger partial charge in [0.1, 0.15) is 5.75 Å². The van der Waals surface area contributed by atoms with E-state index in [9.17, 15) is 14.4 Å². The predicted octanol–water partition coefficient (Wildman–Crippen LogP) is 3.03. The molecule has 0 aromatic heterocycles. The molecule has 0 spiro atoms. The first-order valence-electron chi connectivity index (χ1n) is 8.36. The maximum absolute atomic E-state index is 12.0. The number of hydrogen-bond acceptors (Lipinski definition) is 4. The van der Waals surface area contributed by atoms with Crippen molar-refractivity contribution in [3.05, 3.63) is 58.6 Å². The lowest BCUT2D eigenvalue weighted by Crippen LogP contribution is -2.41. The number of carbonyl (C=O) groups excluding carboxylic acids is 3. The van der Waals surface area contributed by atoms with E-state index in [1.807, 2.05) is 6.92 Å². The van der Waals surface area contributed by atoms with Crippen LogP contribution in [-0.4, -0.2) is 24.3 Å². The second-order valence-electron chi connectivity index (χ2n) is 5.49. The van der Waals surface area contributed by atoms with Gasteiger partial charge in [0.15, 0.2) is 0 Å². The van der Waals surface area contributed by atoms with Crippen molar-refractivity contribution in [1.82, 2.24) is 10.9 Å². The molecule has 3 amide bonds. The van der Waals surface area contributed by atoms with Crippen LogP contribution in [-0.2, 0) is 9.59 Å². The van der Waals surface area contributed by atoms with Gasteiger partial charge in [-0.1, -0.05) is 12.1 Å². The first-order valence-corrected chi connectivity index (χ1v) is 9.15. The Morgan fingerprint density at radius 1 is 0.926 bits per heavy atom. The number of rotatable bonds is 7. The van der Waals surface area contributed by atoms with Gasteiger partial charge in [0, 0.05) is 23.0 Å². The number of hydrazine groups is 1. The third-order valence-corrected chi connectivity index (χ3v) is 4.15. The van der Waals surface area contributed by atoms with Gasteiger partial charge in [-0.25, -0.2) is 0 Å². The van der Waals surface area contributed by atoms with E-state index >= 15 is 0 Å². The normalized spacial score (nSPS) is 10.0. The second-order valence-corrected chi connectivity index (χ2v) is 6.34. The number of halogens is 1. The van der Waals surface area contributed by atoms with E-state index in [1.165, 1.54) is 0 Å². The Morgan fingerprint density at radius 3 is 2.26 bits per heavy atom. The van der Waals surface area contributed by atoms with Crippen molar-refractivity contribution < 1.29 is 19.1 Å². The lowest BCUT2D eigenvalue weighted by molar-refractivity contribution is -0.124. The van der Waals surface area contributed by atoms with Gasteiger partial charge >= 0.3 is 0 Å². The molecule has 0 bridgehead atoms. The summed E-state index contributed by atoms with van der Waals surface area (Å²) < 4.78 is 5.94. The van der Waals surface area contributed by atoms with Crippen LogP contribution in [0.15, 0.2) is 53.0 Å². The summed E-state index contributed by atoms with van der Waals surface area (Å²) >= 11 is 3.26. The zero-order chi connectivity index (χ0) is 19.6. The van der Waals surface area contributed by atoms with Crippen LogP contribution in [0.25, 0.3) is 0 Å². The molecule has 0 aliphatic rings. The molecule has 0 saturated carbocycles. The molecule has 0 heterocycles. The zero-order valence-electron chi connectivity index (χ0n) is 14.8. The van der Waals surface area contributed by atoms with E-state index in [4.69, 9.17) is 4.74 Å². The molecule has 0 unspecified atom stereocenters. The van der Waals surface area contributed by atoms with E-state index in [2.05, 4.69) is 32.1 Å². The molecule has 27 heavy (non-hydrogen) atoms. The quantitative estimate of drug-likeness (QED) is 0.584. The van der Waals surface area contributed by atoms with Gasteiger partial charge in [-0.3, -0.25) is 25.2 Å². The molecular weight excluding hydrogens is 414 g/mol. The summed E-state index contributed by atoms with van der Waals surface area (Å²) in [6.07, 6.45) is -0.0664. The maximum Gasteiger partial charge on any atom is 0.270 e. The standard InChI is InChI=1S/C19H20BrN3O4/c1-2-27-14-9-7-13(8-10-14)21-17(24)11-12-18(25)22-23-19(26)15-5-3-4-6-16(15)20/h3-10H,2,11-12H2,1H3,(H,21,24)(H,22,25)(H,23,26). The number of amides is 3. The second kappa shape index (κ2) is 10.3. The SMILES string of the molecule is CCOc1ccc(NC(=O)CCC(=O)NNC(=O)c2ccccc2Br)cc1. The Hall–Kier alpha value is -2.87. The van der Waals surface area contributed by atoms with Gasteiger partial charge in [-0.05, 0) is 59.3 Å². The minimum atomic E-state index is -0.461. The van der Waals surface area contributed by atoms with Crippen molar-refractivity contribution in [3.8, 4) is 5.75 Å². The highest BCUT2D eigenvalue weighted by atomic mass is 79.9. The van der Waals surface area contributed by atoms with E-state index in [-0.39, 0.29) is 18.7 Å². The Kier molecular flexibility index (Phi) is 7.81. The van der Waals surface area contributed by atoms with Crippen molar-refractivity contribution >= 4 is 39.3 Å². The number of nitrogens with one attached hydrogen (secondary N) is 3. The average molecular weight is 434 g/mol. The van der Waals surface area contributed by atoms with Gasteiger partial charge in [0.25, 0.3) is 5.91 Å². The van der Waals surface area contributed by atoms with E-state index in [0.29, 0.717) is 22.3 Å². The van der Waals surface area contributed by atoms with Crippen LogP contribution in [0.2, 0.25) is 0 Å². The van der Waals surface area contributed by atoms with Gasteiger partial charge in [0.05, 0.1) is 12.2 Å². The maximum atomic E-state index is 12.0. The van der Waals surface area contributed by atoms with Crippen LogP contribution in [0.1, 0.15) is 30.1 Å². The van der Waals surface area contributed by atoms with Crippen molar-refractivity contribution in [3.63, 3.8) is 0 Å². The molecule has 0 saturated heterocycles. The van der Waals surface area contributed by atoms with Gasteiger partial charge < -0.3 is 10.1 Å². The fraction of sp³-hybridized carbons (Fsp3) is 0.211. The first-order chi connectivity index (χ1) is 13.0. The zero-order valence-corrected chi connectivity index (χ0v) is 16.3. The van der Waals surface area contributed by atoms with Gasteiger partial charge in [-0.15, -0.1) is 0 Å². The van der Waals surface area contributed by atoms with Crippen molar-refractivity contribution in [2.45, 2.75) is 19.8 Å². The molecule has 0 atom stereocenters. The number of anilines is 1. The summed E-state index contributed by atoms with van der Waals surface area (Å²) in [6, 6.07) is 13.8. The molecule has 2 aromatic carbocycles. The van der Waals surface area contributed by atoms with Gasteiger partial charge in [0.2, 0.25) is 11.8 Å². The lowest BCUT2D eigenvalue weighted by atomic mass is 10.2. The summed E-state index contributed by atoms with van der Waals surface area (Å²) in [7, 11) is 0. The average Bonchev–Trinajstić information content (AvgIpc) is 2.66. The molecule has 0 fully saturated rings. The fourth-order valence-electron chi connectivity index (χ4n) is 2.15. The molecule has 0 aliphatic carbocycles. The molecule has 0 aliphatic heterocycles. The lowest BCUT2D eigenvalue weighted by Gasteiger charge is -2.09. The van der Waals surface area contributed by atoms with Crippen LogP contribution in [0.5, 0.6) is 5.75 Å². The summed E-state index contributed by atoms with van der Waals surface area (Å²) in [4.78, 5) is 35.7. The number of hydrogen-bond donors (Lipinski definition) is 3. The molecule has 2 aromatic rings. The van der Waals surface area contributed by atoms with Crippen LogP contribution >= 0.6 is 15.9 Å². The third kappa shape index (κ3) is 6.74. The number of ether oxygens (including phenoxy) is 1. The highest BCUT2D eigenvalue weighted by molar-refractivity contribution is 9.10. The molecule has 8 heteroatoms. The molecule has 142 valence electrons. The van der Waals surface area contributed by atoms with Crippen LogP contribution in [0.3, 0.4) is 0 Å².